The fourth-order valence-electron chi connectivity index (χ4n) is 4.20. The minimum atomic E-state index is -0.404. The summed E-state index contributed by atoms with van der Waals surface area (Å²) in [7, 11) is 0. The van der Waals surface area contributed by atoms with E-state index in [1.807, 2.05) is 32.0 Å². The van der Waals surface area contributed by atoms with Gasteiger partial charge in [-0.3, -0.25) is 9.59 Å². The number of amides is 2. The highest BCUT2D eigenvalue weighted by Gasteiger charge is 2.40. The van der Waals surface area contributed by atoms with Crippen molar-refractivity contribution in [1.82, 2.24) is 25.4 Å². The molecule has 8 heteroatoms. The van der Waals surface area contributed by atoms with Gasteiger partial charge < -0.3 is 15.4 Å². The Labute approximate surface area is 170 Å². The monoisotopic (exact) mass is 397 g/mol. The number of hydrogen-bond donors (Lipinski definition) is 2. The Balaban J connectivity index is 1.31. The van der Waals surface area contributed by atoms with E-state index < -0.39 is 5.60 Å². The number of nitrogens with zero attached hydrogens (tertiary/aromatic N) is 3. The molecule has 0 saturated heterocycles. The maximum absolute atomic E-state index is 12.4. The van der Waals surface area contributed by atoms with Crippen LogP contribution in [0.3, 0.4) is 0 Å². The van der Waals surface area contributed by atoms with Crippen LogP contribution in [0.4, 0.5) is 0 Å². The van der Waals surface area contributed by atoms with E-state index in [9.17, 15) is 9.59 Å². The molecule has 1 aliphatic heterocycles. The summed E-state index contributed by atoms with van der Waals surface area (Å²) in [6, 6.07) is 7.49. The summed E-state index contributed by atoms with van der Waals surface area (Å²) >= 11 is 0. The zero-order valence-corrected chi connectivity index (χ0v) is 16.9. The van der Waals surface area contributed by atoms with Gasteiger partial charge in [0.25, 0.3) is 5.91 Å². The third-order valence-electron chi connectivity index (χ3n) is 5.80. The van der Waals surface area contributed by atoms with E-state index in [2.05, 4.69) is 20.7 Å². The second kappa shape index (κ2) is 7.85. The lowest BCUT2D eigenvalue weighted by Gasteiger charge is -2.39. The van der Waals surface area contributed by atoms with Crippen molar-refractivity contribution in [3.05, 3.63) is 41.5 Å². The topological polar surface area (TPSA) is 98.1 Å². The van der Waals surface area contributed by atoms with Crippen LogP contribution < -0.4 is 15.4 Å². The van der Waals surface area contributed by atoms with Gasteiger partial charge in [0.2, 0.25) is 5.91 Å². The first-order valence-electron chi connectivity index (χ1n) is 10.2. The van der Waals surface area contributed by atoms with Gasteiger partial charge in [0.15, 0.2) is 0 Å². The van der Waals surface area contributed by atoms with Crippen LogP contribution >= 0.6 is 0 Å². The Morgan fingerprint density at radius 2 is 2.07 bits per heavy atom. The van der Waals surface area contributed by atoms with Crippen molar-refractivity contribution < 1.29 is 14.3 Å². The number of nitrogens with one attached hydrogen (secondary N) is 2. The Bertz CT molecular complexity index is 915. The minimum absolute atomic E-state index is 0.0268. The number of aryl methyl sites for hydroxylation is 3. The quantitative estimate of drug-likeness (QED) is 0.821. The molecular weight excluding hydrogens is 370 g/mol. The van der Waals surface area contributed by atoms with Gasteiger partial charge in [-0.15, -0.1) is 0 Å². The molecule has 2 aliphatic rings. The van der Waals surface area contributed by atoms with Gasteiger partial charge in [0.05, 0.1) is 18.7 Å². The van der Waals surface area contributed by atoms with E-state index in [1.165, 1.54) is 0 Å². The fourth-order valence-corrected chi connectivity index (χ4v) is 4.20. The van der Waals surface area contributed by atoms with Gasteiger partial charge >= 0.3 is 0 Å². The maximum Gasteiger partial charge on any atom is 0.255 e. The van der Waals surface area contributed by atoms with E-state index in [-0.39, 0.29) is 17.9 Å². The lowest BCUT2D eigenvalue weighted by atomic mass is 9.81. The summed E-state index contributed by atoms with van der Waals surface area (Å²) in [5.74, 6) is 2.12. The molecule has 1 aromatic carbocycles. The average Bonchev–Trinajstić information content (AvgIpc) is 2.96. The molecule has 1 spiro atoms. The molecule has 1 aliphatic carbocycles. The molecule has 2 amide bonds. The second-order valence-corrected chi connectivity index (χ2v) is 7.99. The first kappa shape index (κ1) is 19.4. The normalized spacial score (nSPS) is 23.7. The molecule has 0 bridgehead atoms. The summed E-state index contributed by atoms with van der Waals surface area (Å²) < 4.78 is 8.08. The summed E-state index contributed by atoms with van der Waals surface area (Å²) in [6.45, 7) is 4.76. The van der Waals surface area contributed by atoms with Gasteiger partial charge in [-0.05, 0) is 51.7 Å². The number of para-hydroxylation sites is 1. The molecule has 2 N–H and O–H groups in total. The Morgan fingerprint density at radius 1 is 1.31 bits per heavy atom. The zero-order valence-electron chi connectivity index (χ0n) is 16.9. The highest BCUT2D eigenvalue weighted by atomic mass is 16.5. The van der Waals surface area contributed by atoms with Gasteiger partial charge in [-0.1, -0.05) is 12.1 Å². The van der Waals surface area contributed by atoms with E-state index in [0.717, 1.165) is 37.3 Å². The predicted octanol–water partition coefficient (Wildman–Crippen LogP) is 1.91. The van der Waals surface area contributed by atoms with E-state index in [1.54, 1.807) is 10.7 Å². The molecule has 2 heterocycles. The Morgan fingerprint density at radius 3 is 2.79 bits per heavy atom. The number of benzene rings is 1. The molecule has 1 saturated carbocycles. The summed E-state index contributed by atoms with van der Waals surface area (Å²) in [5, 5.41) is 10.4. The molecule has 2 aromatic rings. The molecule has 0 atom stereocenters. The smallest absolute Gasteiger partial charge is 0.255 e. The summed E-state index contributed by atoms with van der Waals surface area (Å²) in [5.41, 5.74) is 0.178. The molecule has 4 rings (SSSR count). The van der Waals surface area contributed by atoms with Crippen LogP contribution in [0.1, 0.15) is 54.1 Å². The molecule has 154 valence electrons. The van der Waals surface area contributed by atoms with Crippen molar-refractivity contribution in [3.8, 4) is 5.75 Å². The third kappa shape index (κ3) is 4.26. The highest BCUT2D eigenvalue weighted by Crippen LogP contribution is 2.36. The number of hydrogen-bond acceptors (Lipinski definition) is 5. The standard InChI is InChI=1S/C21H27N5O3/c1-14-23-15(2)26(25-14)12-9-19(27)24-16-7-10-21(11-8-16)13-22-20(28)17-5-3-4-6-18(17)29-21/h3-6,16H,7-13H2,1-2H3,(H,22,28)(H,24,27). The maximum atomic E-state index is 12.4. The molecule has 0 radical (unpaired) electrons. The van der Waals surface area contributed by atoms with E-state index in [0.29, 0.717) is 30.8 Å². The van der Waals surface area contributed by atoms with Crippen molar-refractivity contribution in [2.24, 2.45) is 0 Å². The van der Waals surface area contributed by atoms with E-state index in [4.69, 9.17) is 4.74 Å². The number of aromatic nitrogens is 3. The number of fused-ring (bicyclic) bond motifs is 1. The van der Waals surface area contributed by atoms with Crippen molar-refractivity contribution in [3.63, 3.8) is 0 Å². The fraction of sp³-hybridized carbons (Fsp3) is 0.524. The molecule has 0 unspecified atom stereocenters. The summed E-state index contributed by atoms with van der Waals surface area (Å²) in [6.07, 6.45) is 3.60. The van der Waals surface area contributed by atoms with Crippen LogP contribution in [0.2, 0.25) is 0 Å². The molecule has 1 fully saturated rings. The van der Waals surface area contributed by atoms with Gasteiger partial charge in [-0.2, -0.15) is 5.10 Å². The molecular formula is C21H27N5O3. The van der Waals surface area contributed by atoms with Gasteiger partial charge in [0, 0.05) is 12.5 Å². The lowest BCUT2D eigenvalue weighted by Crippen LogP contribution is -2.51. The Hall–Kier alpha value is -2.90. The van der Waals surface area contributed by atoms with Crippen molar-refractivity contribution in [2.45, 2.75) is 64.1 Å². The lowest BCUT2D eigenvalue weighted by molar-refractivity contribution is -0.122. The molecule has 29 heavy (non-hydrogen) atoms. The largest absolute Gasteiger partial charge is 0.485 e. The van der Waals surface area contributed by atoms with Crippen molar-refractivity contribution in [1.29, 1.82) is 0 Å². The summed E-state index contributed by atoms with van der Waals surface area (Å²) in [4.78, 5) is 28.9. The number of ether oxygens (including phenoxy) is 1. The van der Waals surface area contributed by atoms with Crippen LogP contribution in [-0.4, -0.2) is 44.8 Å². The van der Waals surface area contributed by atoms with Crippen LogP contribution in [0.5, 0.6) is 5.75 Å². The number of rotatable bonds is 4. The van der Waals surface area contributed by atoms with Crippen LogP contribution in [-0.2, 0) is 11.3 Å². The van der Waals surface area contributed by atoms with Crippen LogP contribution in [0, 0.1) is 13.8 Å². The van der Waals surface area contributed by atoms with Crippen molar-refractivity contribution >= 4 is 11.8 Å². The number of carbonyl (C=O) groups excluding carboxylic acids is 2. The average molecular weight is 397 g/mol. The minimum Gasteiger partial charge on any atom is -0.485 e. The second-order valence-electron chi connectivity index (χ2n) is 7.99. The third-order valence-corrected chi connectivity index (χ3v) is 5.80. The zero-order chi connectivity index (χ0) is 20.4. The number of carbonyl (C=O) groups is 2. The van der Waals surface area contributed by atoms with Crippen LogP contribution in [0.25, 0.3) is 0 Å². The van der Waals surface area contributed by atoms with Gasteiger partial charge in [0.1, 0.15) is 23.0 Å². The van der Waals surface area contributed by atoms with Gasteiger partial charge in [-0.25, -0.2) is 9.67 Å². The van der Waals surface area contributed by atoms with Crippen LogP contribution in [0.15, 0.2) is 24.3 Å². The SMILES string of the molecule is Cc1nc(C)n(CCC(=O)NC2CCC3(CC2)CNC(=O)c2ccccc2O3)n1. The van der Waals surface area contributed by atoms with Crippen molar-refractivity contribution in [2.75, 3.05) is 6.54 Å². The Kier molecular flexibility index (Phi) is 5.25. The highest BCUT2D eigenvalue weighted by molar-refractivity contribution is 5.97. The molecule has 1 aromatic heterocycles. The van der Waals surface area contributed by atoms with E-state index >= 15 is 0 Å². The molecule has 8 nitrogen and oxygen atoms in total. The first-order chi connectivity index (χ1) is 13.9. The predicted molar refractivity (Wildman–Crippen MR) is 107 cm³/mol. The first-order valence-corrected chi connectivity index (χ1v) is 10.2.